The Morgan fingerprint density at radius 1 is 1.23 bits per heavy atom. The van der Waals surface area contributed by atoms with Gasteiger partial charge in [-0.3, -0.25) is 4.79 Å². The van der Waals surface area contributed by atoms with Crippen LogP contribution in [0, 0.1) is 6.92 Å². The zero-order chi connectivity index (χ0) is 18.5. The van der Waals surface area contributed by atoms with Crippen molar-refractivity contribution in [2.75, 3.05) is 12.4 Å². The second-order valence-corrected chi connectivity index (χ2v) is 5.76. The van der Waals surface area contributed by atoms with Gasteiger partial charge in [0, 0.05) is 6.20 Å². The first kappa shape index (κ1) is 17.8. The summed E-state index contributed by atoms with van der Waals surface area (Å²) in [5.74, 6) is 1.56. The van der Waals surface area contributed by atoms with E-state index in [9.17, 15) is 4.79 Å². The number of benzene rings is 1. The summed E-state index contributed by atoms with van der Waals surface area (Å²) in [5, 5.41) is 6.96. The van der Waals surface area contributed by atoms with Crippen LogP contribution in [0.3, 0.4) is 0 Å². The molecule has 0 bridgehead atoms. The van der Waals surface area contributed by atoms with Gasteiger partial charge in [0.25, 0.3) is 5.91 Å². The number of rotatable bonds is 6. The molecule has 3 aromatic rings. The lowest BCUT2D eigenvalue weighted by molar-refractivity contribution is 0.101. The number of ether oxygens (including phenoxy) is 2. The number of hydrogen-bond donors (Lipinski definition) is 1. The van der Waals surface area contributed by atoms with Crippen LogP contribution in [0.1, 0.15) is 21.8 Å². The standard InChI is InChI=1S/C18H16ClN3O4/c1-11-13(10-25-15-6-4-3-5-14(15)24-2)17(22-26-11)18(23)21-16-8-7-12(19)9-20-16/h3-9H,10H2,1-2H3,(H,20,21,23). The van der Waals surface area contributed by atoms with Gasteiger partial charge in [-0.25, -0.2) is 4.98 Å². The first-order chi connectivity index (χ1) is 12.6. The summed E-state index contributed by atoms with van der Waals surface area (Å²) >= 11 is 5.79. The molecule has 1 N–H and O–H groups in total. The van der Waals surface area contributed by atoms with E-state index in [1.807, 2.05) is 12.1 Å². The number of pyridine rings is 1. The summed E-state index contributed by atoms with van der Waals surface area (Å²) in [7, 11) is 1.56. The third-order valence-electron chi connectivity index (χ3n) is 3.61. The molecule has 0 fully saturated rings. The van der Waals surface area contributed by atoms with E-state index in [2.05, 4.69) is 15.5 Å². The van der Waals surface area contributed by atoms with Crippen molar-refractivity contribution in [2.45, 2.75) is 13.5 Å². The van der Waals surface area contributed by atoms with Gasteiger partial charge in [-0.2, -0.15) is 0 Å². The molecule has 134 valence electrons. The number of anilines is 1. The Kier molecular flexibility index (Phi) is 5.38. The number of carbonyl (C=O) groups excluding carboxylic acids is 1. The summed E-state index contributed by atoms with van der Waals surface area (Å²) in [4.78, 5) is 16.5. The minimum absolute atomic E-state index is 0.104. The van der Waals surface area contributed by atoms with E-state index in [-0.39, 0.29) is 12.3 Å². The first-order valence-corrected chi connectivity index (χ1v) is 8.10. The van der Waals surface area contributed by atoms with Gasteiger partial charge < -0.3 is 19.3 Å². The van der Waals surface area contributed by atoms with Crippen molar-refractivity contribution in [3.8, 4) is 11.5 Å². The fourth-order valence-corrected chi connectivity index (χ4v) is 2.36. The van der Waals surface area contributed by atoms with Crippen LogP contribution in [-0.2, 0) is 6.61 Å². The van der Waals surface area contributed by atoms with Crippen LogP contribution < -0.4 is 14.8 Å². The predicted molar refractivity (Wildman–Crippen MR) is 95.8 cm³/mol. The number of nitrogens with zero attached hydrogens (tertiary/aromatic N) is 2. The second-order valence-electron chi connectivity index (χ2n) is 5.32. The molecule has 2 heterocycles. The number of aromatic nitrogens is 2. The van der Waals surface area contributed by atoms with Crippen molar-refractivity contribution in [3.05, 3.63) is 64.6 Å². The molecule has 0 spiro atoms. The van der Waals surface area contributed by atoms with Crippen LogP contribution in [0.25, 0.3) is 0 Å². The van der Waals surface area contributed by atoms with Gasteiger partial charge >= 0.3 is 0 Å². The van der Waals surface area contributed by atoms with Crippen LogP contribution in [0.4, 0.5) is 5.82 Å². The lowest BCUT2D eigenvalue weighted by Crippen LogP contribution is -2.16. The number of methoxy groups -OCH3 is 1. The number of aryl methyl sites for hydroxylation is 1. The monoisotopic (exact) mass is 373 g/mol. The quantitative estimate of drug-likeness (QED) is 0.705. The largest absolute Gasteiger partial charge is 0.493 e. The molecule has 0 saturated heterocycles. The van der Waals surface area contributed by atoms with Crippen LogP contribution in [0.15, 0.2) is 47.1 Å². The van der Waals surface area contributed by atoms with E-state index in [1.54, 1.807) is 38.3 Å². The summed E-state index contributed by atoms with van der Waals surface area (Å²) in [5.41, 5.74) is 0.677. The zero-order valence-electron chi connectivity index (χ0n) is 14.2. The Hall–Kier alpha value is -3.06. The van der Waals surface area contributed by atoms with Crippen molar-refractivity contribution < 1.29 is 18.8 Å². The number of carbonyl (C=O) groups is 1. The molecule has 8 heteroatoms. The van der Waals surface area contributed by atoms with Gasteiger partial charge in [0.1, 0.15) is 18.2 Å². The molecule has 0 aliphatic rings. The molecule has 0 unspecified atom stereocenters. The minimum atomic E-state index is -0.449. The molecule has 1 amide bonds. The topological polar surface area (TPSA) is 86.5 Å². The maximum Gasteiger partial charge on any atom is 0.279 e. The average molecular weight is 374 g/mol. The Balaban J connectivity index is 1.76. The zero-order valence-corrected chi connectivity index (χ0v) is 14.9. The molecule has 3 rings (SSSR count). The van der Waals surface area contributed by atoms with E-state index < -0.39 is 5.91 Å². The predicted octanol–water partition coefficient (Wildman–Crippen LogP) is 3.87. The van der Waals surface area contributed by atoms with Crippen molar-refractivity contribution in [1.29, 1.82) is 0 Å². The van der Waals surface area contributed by atoms with E-state index in [0.717, 1.165) is 0 Å². The van der Waals surface area contributed by atoms with E-state index in [4.69, 9.17) is 25.6 Å². The molecule has 26 heavy (non-hydrogen) atoms. The van der Waals surface area contributed by atoms with Gasteiger partial charge in [0.05, 0.1) is 17.7 Å². The SMILES string of the molecule is COc1ccccc1OCc1c(C(=O)Nc2ccc(Cl)cn2)noc1C. The van der Waals surface area contributed by atoms with Crippen LogP contribution in [0.2, 0.25) is 5.02 Å². The molecule has 0 aliphatic heterocycles. The number of halogens is 1. The van der Waals surface area contributed by atoms with Gasteiger partial charge in [-0.15, -0.1) is 0 Å². The van der Waals surface area contributed by atoms with Gasteiger partial charge in [0.2, 0.25) is 0 Å². The van der Waals surface area contributed by atoms with Crippen LogP contribution >= 0.6 is 11.6 Å². The fourth-order valence-electron chi connectivity index (χ4n) is 2.25. The molecule has 0 saturated carbocycles. The normalized spacial score (nSPS) is 10.4. The van der Waals surface area contributed by atoms with Gasteiger partial charge in [-0.05, 0) is 31.2 Å². The molecular weight excluding hydrogens is 358 g/mol. The highest BCUT2D eigenvalue weighted by atomic mass is 35.5. The maximum absolute atomic E-state index is 12.5. The van der Waals surface area contributed by atoms with Crippen LogP contribution in [-0.4, -0.2) is 23.2 Å². The van der Waals surface area contributed by atoms with Gasteiger partial charge in [0.15, 0.2) is 17.2 Å². The third-order valence-corrected chi connectivity index (χ3v) is 3.83. The fraction of sp³-hybridized carbons (Fsp3) is 0.167. The van der Waals surface area contributed by atoms with Gasteiger partial charge in [-0.1, -0.05) is 28.9 Å². The number of nitrogens with one attached hydrogen (secondary N) is 1. The Bertz CT molecular complexity index is 909. The third kappa shape index (κ3) is 3.94. The number of amides is 1. The Morgan fingerprint density at radius 2 is 2.00 bits per heavy atom. The van der Waals surface area contributed by atoms with E-state index in [0.29, 0.717) is 33.7 Å². The van der Waals surface area contributed by atoms with Crippen molar-refractivity contribution in [3.63, 3.8) is 0 Å². The number of para-hydroxylation sites is 2. The smallest absolute Gasteiger partial charge is 0.279 e. The summed E-state index contributed by atoms with van der Waals surface area (Å²) in [6.45, 7) is 1.82. The van der Waals surface area contributed by atoms with Crippen molar-refractivity contribution >= 4 is 23.3 Å². The molecule has 0 radical (unpaired) electrons. The maximum atomic E-state index is 12.5. The molecule has 0 aliphatic carbocycles. The molecule has 2 aromatic heterocycles. The first-order valence-electron chi connectivity index (χ1n) is 7.72. The highest BCUT2D eigenvalue weighted by molar-refractivity contribution is 6.30. The van der Waals surface area contributed by atoms with Crippen molar-refractivity contribution in [1.82, 2.24) is 10.1 Å². The van der Waals surface area contributed by atoms with E-state index >= 15 is 0 Å². The van der Waals surface area contributed by atoms with E-state index in [1.165, 1.54) is 6.20 Å². The van der Waals surface area contributed by atoms with Crippen molar-refractivity contribution in [2.24, 2.45) is 0 Å². The lowest BCUT2D eigenvalue weighted by atomic mass is 10.2. The molecule has 7 nitrogen and oxygen atoms in total. The molecule has 1 aromatic carbocycles. The highest BCUT2D eigenvalue weighted by Crippen LogP contribution is 2.27. The summed E-state index contributed by atoms with van der Waals surface area (Å²) in [6.07, 6.45) is 1.44. The Morgan fingerprint density at radius 3 is 2.69 bits per heavy atom. The Labute approximate surface area is 154 Å². The number of hydrogen-bond acceptors (Lipinski definition) is 6. The summed E-state index contributed by atoms with van der Waals surface area (Å²) in [6, 6.07) is 10.5. The second kappa shape index (κ2) is 7.88. The lowest BCUT2D eigenvalue weighted by Gasteiger charge is -2.10. The highest BCUT2D eigenvalue weighted by Gasteiger charge is 2.21. The average Bonchev–Trinajstić information content (AvgIpc) is 3.02. The molecular formula is C18H16ClN3O4. The molecule has 0 atom stereocenters. The minimum Gasteiger partial charge on any atom is -0.493 e. The summed E-state index contributed by atoms with van der Waals surface area (Å²) < 4.78 is 16.2. The van der Waals surface area contributed by atoms with Crippen LogP contribution in [0.5, 0.6) is 11.5 Å².